The number of aliphatic hydroxyl groups is 1. The molecule has 2 amide bonds. The summed E-state index contributed by atoms with van der Waals surface area (Å²) in [5.74, 6) is 0.181. The Labute approximate surface area is 144 Å². The molecular formula is C19H28N2O3. The van der Waals surface area contributed by atoms with Gasteiger partial charge in [0.05, 0.1) is 12.6 Å². The molecule has 2 unspecified atom stereocenters. The number of amides is 2. The van der Waals surface area contributed by atoms with Crippen molar-refractivity contribution in [2.24, 2.45) is 5.92 Å². The number of aliphatic hydroxyl groups excluding tert-OH is 1. The molecule has 2 N–H and O–H groups in total. The molecule has 0 bridgehead atoms. The average Bonchev–Trinajstić information content (AvgIpc) is 2.57. The second-order valence-electron chi connectivity index (χ2n) is 6.88. The van der Waals surface area contributed by atoms with Gasteiger partial charge < -0.3 is 15.3 Å². The van der Waals surface area contributed by atoms with Crippen LogP contribution in [0.1, 0.15) is 51.1 Å². The van der Waals surface area contributed by atoms with Crippen LogP contribution in [0, 0.1) is 5.92 Å². The van der Waals surface area contributed by atoms with Gasteiger partial charge in [-0.2, -0.15) is 0 Å². The molecule has 1 aromatic carbocycles. The maximum absolute atomic E-state index is 12.9. The lowest BCUT2D eigenvalue weighted by molar-refractivity contribution is -0.143. The van der Waals surface area contributed by atoms with Crippen LogP contribution in [0.25, 0.3) is 0 Å². The minimum atomic E-state index is -0.625. The van der Waals surface area contributed by atoms with Crippen molar-refractivity contribution < 1.29 is 14.7 Å². The molecule has 0 saturated carbocycles. The third-order valence-corrected chi connectivity index (χ3v) is 4.36. The Hall–Kier alpha value is -1.88. The third-order valence-electron chi connectivity index (χ3n) is 4.36. The highest BCUT2D eigenvalue weighted by atomic mass is 16.3. The Morgan fingerprint density at radius 2 is 1.96 bits per heavy atom. The van der Waals surface area contributed by atoms with Crippen LogP contribution >= 0.6 is 0 Å². The molecule has 24 heavy (non-hydrogen) atoms. The van der Waals surface area contributed by atoms with Gasteiger partial charge in [0.15, 0.2) is 0 Å². The summed E-state index contributed by atoms with van der Waals surface area (Å²) in [5, 5.41) is 12.5. The van der Waals surface area contributed by atoms with Crippen LogP contribution < -0.4 is 5.32 Å². The Balaban J connectivity index is 2.21. The zero-order valence-electron chi connectivity index (χ0n) is 14.6. The van der Waals surface area contributed by atoms with Crippen LogP contribution in [0.15, 0.2) is 30.3 Å². The predicted molar refractivity (Wildman–Crippen MR) is 93.2 cm³/mol. The Kier molecular flexibility index (Phi) is 6.79. The van der Waals surface area contributed by atoms with E-state index >= 15 is 0 Å². The van der Waals surface area contributed by atoms with E-state index in [-0.39, 0.29) is 24.5 Å². The highest BCUT2D eigenvalue weighted by Crippen LogP contribution is 2.26. The normalized spacial score (nSPS) is 17.7. The molecule has 2 atom stereocenters. The van der Waals surface area contributed by atoms with Gasteiger partial charge in [0.2, 0.25) is 11.8 Å². The van der Waals surface area contributed by atoms with Gasteiger partial charge in [-0.05, 0) is 30.7 Å². The van der Waals surface area contributed by atoms with Crippen LogP contribution in [-0.4, -0.2) is 41.0 Å². The topological polar surface area (TPSA) is 69.6 Å². The van der Waals surface area contributed by atoms with Gasteiger partial charge in [0.25, 0.3) is 0 Å². The van der Waals surface area contributed by atoms with E-state index in [0.717, 1.165) is 18.4 Å². The van der Waals surface area contributed by atoms with Crippen LogP contribution in [0.3, 0.4) is 0 Å². The van der Waals surface area contributed by atoms with Crippen molar-refractivity contribution in [2.45, 2.75) is 51.6 Å². The summed E-state index contributed by atoms with van der Waals surface area (Å²) < 4.78 is 0. The minimum Gasteiger partial charge on any atom is -0.394 e. The summed E-state index contributed by atoms with van der Waals surface area (Å²) in [7, 11) is 0. The van der Waals surface area contributed by atoms with E-state index < -0.39 is 6.04 Å². The van der Waals surface area contributed by atoms with E-state index in [0.29, 0.717) is 25.3 Å². The fraction of sp³-hybridized carbons (Fsp3) is 0.579. The number of benzene rings is 1. The summed E-state index contributed by atoms with van der Waals surface area (Å²) in [5.41, 5.74) is 0.812. The first-order valence-electron chi connectivity index (χ1n) is 8.78. The monoisotopic (exact) mass is 332 g/mol. The lowest BCUT2D eigenvalue weighted by atomic mass is 9.99. The van der Waals surface area contributed by atoms with E-state index in [1.54, 1.807) is 4.90 Å². The molecule has 2 rings (SSSR count). The largest absolute Gasteiger partial charge is 0.394 e. The number of carbonyl (C=O) groups excluding carboxylic acids is 2. The fourth-order valence-electron chi connectivity index (χ4n) is 3.24. The maximum atomic E-state index is 12.9. The van der Waals surface area contributed by atoms with Gasteiger partial charge in [-0.1, -0.05) is 44.2 Å². The number of nitrogens with one attached hydrogen (secondary N) is 1. The molecule has 1 saturated heterocycles. The molecule has 0 aromatic heterocycles. The van der Waals surface area contributed by atoms with Crippen molar-refractivity contribution in [1.29, 1.82) is 0 Å². The number of rotatable bonds is 7. The second kappa shape index (κ2) is 8.83. The molecule has 0 radical (unpaired) electrons. The molecular weight excluding hydrogens is 304 g/mol. The van der Waals surface area contributed by atoms with E-state index in [2.05, 4.69) is 19.2 Å². The minimum absolute atomic E-state index is 0.0228. The Morgan fingerprint density at radius 1 is 1.25 bits per heavy atom. The summed E-state index contributed by atoms with van der Waals surface area (Å²) in [6.07, 6.45) is 2.99. The molecule has 1 heterocycles. The predicted octanol–water partition coefficient (Wildman–Crippen LogP) is 2.26. The highest BCUT2D eigenvalue weighted by Gasteiger charge is 2.33. The second-order valence-corrected chi connectivity index (χ2v) is 6.88. The summed E-state index contributed by atoms with van der Waals surface area (Å²) in [6, 6.07) is 8.49. The molecule has 132 valence electrons. The number of piperidine rings is 1. The van der Waals surface area contributed by atoms with E-state index in [4.69, 9.17) is 0 Å². The van der Waals surface area contributed by atoms with Crippen molar-refractivity contribution in [2.75, 3.05) is 13.2 Å². The first-order valence-corrected chi connectivity index (χ1v) is 8.78. The molecule has 1 aliphatic rings. The smallest absolute Gasteiger partial charge is 0.247 e. The SMILES string of the molecule is CC(C)CC(CO)NC(=O)C(c1ccccc1)N1CCCCC1=O. The zero-order valence-corrected chi connectivity index (χ0v) is 14.6. The lowest BCUT2D eigenvalue weighted by Crippen LogP contribution is -2.49. The van der Waals surface area contributed by atoms with E-state index in [9.17, 15) is 14.7 Å². The zero-order chi connectivity index (χ0) is 17.5. The van der Waals surface area contributed by atoms with Gasteiger partial charge in [0, 0.05) is 13.0 Å². The van der Waals surface area contributed by atoms with Crippen LogP contribution in [0.2, 0.25) is 0 Å². The third kappa shape index (κ3) is 4.81. The van der Waals surface area contributed by atoms with Crippen molar-refractivity contribution in [3.8, 4) is 0 Å². The number of nitrogens with zero attached hydrogens (tertiary/aromatic N) is 1. The van der Waals surface area contributed by atoms with Crippen LogP contribution in [-0.2, 0) is 9.59 Å². The van der Waals surface area contributed by atoms with Gasteiger partial charge in [-0.3, -0.25) is 9.59 Å². The van der Waals surface area contributed by atoms with Crippen molar-refractivity contribution in [1.82, 2.24) is 10.2 Å². The maximum Gasteiger partial charge on any atom is 0.247 e. The number of carbonyl (C=O) groups is 2. The molecule has 1 aromatic rings. The van der Waals surface area contributed by atoms with Crippen LogP contribution in [0.5, 0.6) is 0 Å². The Bertz CT molecular complexity index is 545. The van der Waals surface area contributed by atoms with Gasteiger partial charge in [0.1, 0.15) is 6.04 Å². The molecule has 0 spiro atoms. The van der Waals surface area contributed by atoms with Crippen molar-refractivity contribution >= 4 is 11.8 Å². The number of likely N-dealkylation sites (tertiary alicyclic amines) is 1. The summed E-state index contributed by atoms with van der Waals surface area (Å²) in [6.45, 7) is 4.61. The van der Waals surface area contributed by atoms with Crippen LogP contribution in [0.4, 0.5) is 0 Å². The van der Waals surface area contributed by atoms with Gasteiger partial charge in [-0.15, -0.1) is 0 Å². The summed E-state index contributed by atoms with van der Waals surface area (Å²) in [4.78, 5) is 26.9. The number of hydrogen-bond acceptors (Lipinski definition) is 3. The number of hydrogen-bond donors (Lipinski definition) is 2. The first kappa shape index (κ1) is 18.5. The first-order chi connectivity index (χ1) is 11.5. The lowest BCUT2D eigenvalue weighted by Gasteiger charge is -2.35. The fourth-order valence-corrected chi connectivity index (χ4v) is 3.24. The van der Waals surface area contributed by atoms with E-state index in [1.165, 1.54) is 0 Å². The average molecular weight is 332 g/mol. The van der Waals surface area contributed by atoms with Crippen molar-refractivity contribution in [3.63, 3.8) is 0 Å². The quantitative estimate of drug-likeness (QED) is 0.805. The molecule has 5 heteroatoms. The molecule has 1 aliphatic heterocycles. The highest BCUT2D eigenvalue weighted by molar-refractivity contribution is 5.89. The van der Waals surface area contributed by atoms with Gasteiger partial charge in [-0.25, -0.2) is 0 Å². The summed E-state index contributed by atoms with van der Waals surface area (Å²) >= 11 is 0. The van der Waals surface area contributed by atoms with Gasteiger partial charge >= 0.3 is 0 Å². The molecule has 1 fully saturated rings. The van der Waals surface area contributed by atoms with Crippen molar-refractivity contribution in [3.05, 3.63) is 35.9 Å². The molecule has 5 nitrogen and oxygen atoms in total. The standard InChI is InChI=1S/C19H28N2O3/c1-14(2)12-16(13-22)20-19(24)18(15-8-4-3-5-9-15)21-11-7-6-10-17(21)23/h3-5,8-9,14,16,18,22H,6-7,10-13H2,1-2H3,(H,20,24). The van der Waals surface area contributed by atoms with E-state index in [1.807, 2.05) is 30.3 Å². The Morgan fingerprint density at radius 3 is 2.54 bits per heavy atom. The molecule has 0 aliphatic carbocycles.